The quantitative estimate of drug-likeness (QED) is 0.923. The number of hydrogen-bond donors (Lipinski definition) is 1. The number of pyridine rings is 1. The van der Waals surface area contributed by atoms with E-state index in [0.29, 0.717) is 24.6 Å². The van der Waals surface area contributed by atoms with Crippen LogP contribution in [-0.2, 0) is 0 Å². The van der Waals surface area contributed by atoms with Crippen molar-refractivity contribution in [1.82, 2.24) is 9.88 Å². The van der Waals surface area contributed by atoms with Crippen LogP contribution in [0, 0.1) is 0 Å². The van der Waals surface area contributed by atoms with Gasteiger partial charge < -0.3 is 15.5 Å². The van der Waals surface area contributed by atoms with E-state index in [2.05, 4.69) is 9.88 Å². The van der Waals surface area contributed by atoms with E-state index in [1.165, 1.54) is 0 Å². The third-order valence-electron chi connectivity index (χ3n) is 3.75. The van der Waals surface area contributed by atoms with Crippen LogP contribution in [0.15, 0.2) is 42.5 Å². The van der Waals surface area contributed by atoms with Crippen LogP contribution in [0.1, 0.15) is 10.5 Å². The van der Waals surface area contributed by atoms with Gasteiger partial charge in [-0.05, 0) is 24.3 Å². The fraction of sp³-hybridized carbons (Fsp3) is 0.250. The van der Waals surface area contributed by atoms with Crippen LogP contribution in [-0.4, -0.2) is 42.0 Å². The molecule has 0 spiro atoms. The molecule has 114 valence electrons. The van der Waals surface area contributed by atoms with Crippen molar-refractivity contribution in [2.24, 2.45) is 0 Å². The van der Waals surface area contributed by atoms with Crippen LogP contribution >= 0.6 is 11.6 Å². The van der Waals surface area contributed by atoms with Gasteiger partial charge in [0.2, 0.25) is 0 Å². The Bertz CT molecular complexity index is 683. The van der Waals surface area contributed by atoms with Gasteiger partial charge in [-0.25, -0.2) is 4.98 Å². The Hall–Kier alpha value is -2.27. The van der Waals surface area contributed by atoms with Gasteiger partial charge in [-0.3, -0.25) is 4.79 Å². The van der Waals surface area contributed by atoms with E-state index in [-0.39, 0.29) is 5.91 Å². The lowest BCUT2D eigenvalue weighted by Crippen LogP contribution is -2.49. The number of rotatable bonds is 2. The molecule has 2 aromatic rings. The SMILES string of the molecule is Nc1cccc(C(=O)N2CCN(c3ccccc3Cl)CC2)n1. The molecule has 1 aromatic carbocycles. The first-order valence-electron chi connectivity index (χ1n) is 7.16. The number of amides is 1. The van der Waals surface area contributed by atoms with Gasteiger partial charge in [-0.2, -0.15) is 0 Å². The molecule has 1 fully saturated rings. The molecule has 3 rings (SSSR count). The van der Waals surface area contributed by atoms with E-state index in [0.717, 1.165) is 23.8 Å². The van der Waals surface area contributed by atoms with Gasteiger partial charge in [0.1, 0.15) is 11.5 Å². The molecule has 0 bridgehead atoms. The summed E-state index contributed by atoms with van der Waals surface area (Å²) in [5.74, 6) is 0.284. The fourth-order valence-electron chi connectivity index (χ4n) is 2.59. The highest BCUT2D eigenvalue weighted by Gasteiger charge is 2.23. The van der Waals surface area contributed by atoms with Crippen LogP contribution in [0.5, 0.6) is 0 Å². The van der Waals surface area contributed by atoms with E-state index in [4.69, 9.17) is 17.3 Å². The third kappa shape index (κ3) is 2.99. The summed E-state index contributed by atoms with van der Waals surface area (Å²) in [6.45, 7) is 2.77. The van der Waals surface area contributed by atoms with Crippen LogP contribution in [0.2, 0.25) is 5.02 Å². The van der Waals surface area contributed by atoms with Gasteiger partial charge in [0.25, 0.3) is 5.91 Å². The Morgan fingerprint density at radius 1 is 1.05 bits per heavy atom. The Kier molecular flexibility index (Phi) is 4.15. The summed E-state index contributed by atoms with van der Waals surface area (Å²) in [6.07, 6.45) is 0. The largest absolute Gasteiger partial charge is 0.384 e. The van der Waals surface area contributed by atoms with Crippen molar-refractivity contribution < 1.29 is 4.79 Å². The number of anilines is 2. The van der Waals surface area contributed by atoms with Crippen molar-refractivity contribution in [3.63, 3.8) is 0 Å². The van der Waals surface area contributed by atoms with E-state index >= 15 is 0 Å². The fourth-order valence-corrected chi connectivity index (χ4v) is 2.85. The van der Waals surface area contributed by atoms with Gasteiger partial charge in [-0.15, -0.1) is 0 Å². The maximum atomic E-state index is 12.4. The van der Waals surface area contributed by atoms with Crippen molar-refractivity contribution in [2.45, 2.75) is 0 Å². The summed E-state index contributed by atoms with van der Waals surface area (Å²) in [7, 11) is 0. The summed E-state index contributed by atoms with van der Waals surface area (Å²) < 4.78 is 0. The summed E-state index contributed by atoms with van der Waals surface area (Å²) in [6, 6.07) is 12.9. The topological polar surface area (TPSA) is 62.5 Å². The zero-order valence-electron chi connectivity index (χ0n) is 12.1. The second-order valence-electron chi connectivity index (χ2n) is 5.18. The smallest absolute Gasteiger partial charge is 0.272 e. The highest BCUT2D eigenvalue weighted by atomic mass is 35.5. The monoisotopic (exact) mass is 316 g/mol. The van der Waals surface area contributed by atoms with Gasteiger partial charge in [0.15, 0.2) is 0 Å². The molecule has 5 nitrogen and oxygen atoms in total. The standard InChI is InChI=1S/C16H17ClN4O/c17-12-4-1-2-6-14(12)20-8-10-21(11-9-20)16(22)13-5-3-7-15(18)19-13/h1-7H,8-11H2,(H2,18,19). The zero-order chi connectivity index (χ0) is 15.5. The first-order chi connectivity index (χ1) is 10.6. The number of nitrogens with zero attached hydrogens (tertiary/aromatic N) is 3. The number of carbonyl (C=O) groups excluding carboxylic acids is 1. The molecule has 0 atom stereocenters. The Morgan fingerprint density at radius 2 is 1.77 bits per heavy atom. The normalized spacial score (nSPS) is 15.0. The predicted molar refractivity (Wildman–Crippen MR) is 88.2 cm³/mol. The van der Waals surface area contributed by atoms with Gasteiger partial charge in [0.05, 0.1) is 10.7 Å². The third-order valence-corrected chi connectivity index (χ3v) is 4.07. The molecule has 0 aliphatic carbocycles. The molecule has 1 amide bonds. The first kappa shape index (κ1) is 14.7. The van der Waals surface area contributed by atoms with Gasteiger partial charge >= 0.3 is 0 Å². The number of aromatic nitrogens is 1. The molecule has 1 aliphatic rings. The number of para-hydroxylation sites is 1. The number of carbonyl (C=O) groups is 1. The average Bonchev–Trinajstić information content (AvgIpc) is 2.55. The number of piperazine rings is 1. The Morgan fingerprint density at radius 3 is 2.45 bits per heavy atom. The van der Waals surface area contributed by atoms with E-state index < -0.39 is 0 Å². The van der Waals surface area contributed by atoms with Crippen LogP contribution in [0.4, 0.5) is 11.5 Å². The van der Waals surface area contributed by atoms with Crippen LogP contribution in [0.3, 0.4) is 0 Å². The second kappa shape index (κ2) is 6.23. The highest BCUT2D eigenvalue weighted by Crippen LogP contribution is 2.26. The number of nitrogens with two attached hydrogens (primary N) is 1. The molecular formula is C16H17ClN4O. The average molecular weight is 317 g/mol. The Labute approximate surface area is 134 Å². The molecule has 2 heterocycles. The van der Waals surface area contributed by atoms with Crippen molar-refractivity contribution in [3.8, 4) is 0 Å². The summed E-state index contributed by atoms with van der Waals surface area (Å²) in [4.78, 5) is 20.5. The summed E-state index contributed by atoms with van der Waals surface area (Å²) in [5.41, 5.74) is 7.04. The molecule has 22 heavy (non-hydrogen) atoms. The second-order valence-corrected chi connectivity index (χ2v) is 5.59. The van der Waals surface area contributed by atoms with Crippen LogP contribution < -0.4 is 10.6 Å². The minimum absolute atomic E-state index is 0.0777. The van der Waals surface area contributed by atoms with Crippen molar-refractivity contribution >= 4 is 29.0 Å². The molecule has 1 saturated heterocycles. The lowest BCUT2D eigenvalue weighted by atomic mass is 10.2. The molecule has 2 N–H and O–H groups in total. The summed E-state index contributed by atoms with van der Waals surface area (Å²) in [5, 5.41) is 0.736. The first-order valence-corrected chi connectivity index (χ1v) is 7.54. The van der Waals surface area contributed by atoms with Crippen LogP contribution in [0.25, 0.3) is 0 Å². The summed E-state index contributed by atoms with van der Waals surface area (Å²) >= 11 is 6.22. The lowest BCUT2D eigenvalue weighted by Gasteiger charge is -2.36. The zero-order valence-corrected chi connectivity index (χ0v) is 12.8. The van der Waals surface area contributed by atoms with E-state index in [1.807, 2.05) is 24.3 Å². The van der Waals surface area contributed by atoms with E-state index in [9.17, 15) is 4.79 Å². The molecule has 6 heteroatoms. The van der Waals surface area contributed by atoms with E-state index in [1.54, 1.807) is 23.1 Å². The molecule has 0 saturated carbocycles. The van der Waals surface area contributed by atoms with Crippen molar-refractivity contribution in [2.75, 3.05) is 36.8 Å². The maximum absolute atomic E-state index is 12.4. The molecule has 0 radical (unpaired) electrons. The lowest BCUT2D eigenvalue weighted by molar-refractivity contribution is 0.0741. The molecule has 1 aromatic heterocycles. The predicted octanol–water partition coefficient (Wildman–Crippen LogP) is 2.28. The minimum atomic E-state index is -0.0777. The van der Waals surface area contributed by atoms with Gasteiger partial charge in [-0.1, -0.05) is 29.8 Å². The minimum Gasteiger partial charge on any atom is -0.384 e. The van der Waals surface area contributed by atoms with Gasteiger partial charge in [0, 0.05) is 26.2 Å². The van der Waals surface area contributed by atoms with Crippen molar-refractivity contribution in [3.05, 3.63) is 53.2 Å². The van der Waals surface area contributed by atoms with Crippen molar-refractivity contribution in [1.29, 1.82) is 0 Å². The number of halogens is 1. The Balaban J connectivity index is 1.67. The molecule has 0 unspecified atom stereocenters. The number of nitrogen functional groups attached to an aromatic ring is 1. The maximum Gasteiger partial charge on any atom is 0.272 e. The molecule has 1 aliphatic heterocycles. The highest BCUT2D eigenvalue weighted by molar-refractivity contribution is 6.33. The molecular weight excluding hydrogens is 300 g/mol. The number of hydrogen-bond acceptors (Lipinski definition) is 4. The number of benzene rings is 1.